The maximum Gasteiger partial charge on any atom is 2.00 e. The molecular weight excluding hydrogens is 428 g/mol. The molecule has 2 aromatic carbocycles. The van der Waals surface area contributed by atoms with Crippen molar-refractivity contribution in [3.8, 4) is 0 Å². The normalized spacial score (nSPS) is 10.7. The Hall–Kier alpha value is -1.50. The third-order valence-corrected chi connectivity index (χ3v) is 5.72. The SMILES string of the molecule is C=C/C(=C([C-]=O)\C=C/C)P(c1ccccc1)c1ccccc1.CCC.[CH3-].[Nb+2]. The summed E-state index contributed by atoms with van der Waals surface area (Å²) in [6.07, 6.45) is 8.75. The molecule has 27 heavy (non-hydrogen) atoms. The summed E-state index contributed by atoms with van der Waals surface area (Å²) in [7, 11) is -0.823. The number of allylic oxidation sites excluding steroid dienone is 5. The second-order valence-electron chi connectivity index (χ2n) is 5.32. The first-order valence-electron chi connectivity index (χ1n) is 8.51. The molecule has 0 spiro atoms. The van der Waals surface area contributed by atoms with Crippen LogP contribution in [0.1, 0.15) is 27.2 Å². The molecule has 1 radical (unpaired) electrons. The maximum atomic E-state index is 11.4. The zero-order valence-corrected chi connectivity index (χ0v) is 19.8. The van der Waals surface area contributed by atoms with Crippen LogP contribution in [0.2, 0.25) is 0 Å². The van der Waals surface area contributed by atoms with E-state index in [2.05, 4.69) is 51.0 Å². The minimum Gasteiger partial charge on any atom is -0.376 e. The minimum absolute atomic E-state index is 0. The molecule has 1 nitrogen and oxygen atoms in total. The number of hydrogen-bond donors (Lipinski definition) is 0. The molecule has 0 atom stereocenters. The molecule has 2 rings (SSSR count). The van der Waals surface area contributed by atoms with Crippen molar-refractivity contribution in [3.63, 3.8) is 0 Å². The van der Waals surface area contributed by atoms with Gasteiger partial charge in [-0.25, -0.2) is 0 Å². The average Bonchev–Trinajstić information content (AvgIpc) is 2.66. The van der Waals surface area contributed by atoms with Crippen molar-refractivity contribution < 1.29 is 27.2 Å². The van der Waals surface area contributed by atoms with E-state index in [1.54, 1.807) is 12.2 Å². The van der Waals surface area contributed by atoms with Gasteiger partial charge in [0.05, 0.1) is 6.29 Å². The Morgan fingerprint density at radius 1 is 1.00 bits per heavy atom. The Kier molecular flexibility index (Phi) is 17.1. The van der Waals surface area contributed by atoms with E-state index < -0.39 is 7.92 Å². The predicted molar refractivity (Wildman–Crippen MR) is 119 cm³/mol. The van der Waals surface area contributed by atoms with Crippen LogP contribution in [0.15, 0.2) is 96.4 Å². The van der Waals surface area contributed by atoms with E-state index in [9.17, 15) is 4.79 Å². The third-order valence-electron chi connectivity index (χ3n) is 3.18. The minimum atomic E-state index is -0.823. The zero-order valence-electron chi connectivity index (χ0n) is 16.7. The summed E-state index contributed by atoms with van der Waals surface area (Å²) in [5, 5.41) is 3.31. The molecule has 0 bridgehead atoms. The first kappa shape index (κ1) is 27.7. The van der Waals surface area contributed by atoms with Gasteiger partial charge in [-0.15, -0.1) is 29.6 Å². The molecule has 0 aliphatic carbocycles. The van der Waals surface area contributed by atoms with Gasteiger partial charge in [0, 0.05) is 0 Å². The van der Waals surface area contributed by atoms with Gasteiger partial charge in [0.15, 0.2) is 0 Å². The predicted octanol–water partition coefficient (Wildman–Crippen LogP) is 6.11. The standard InChI is InChI=1S/C20H18OP.C3H8.CH3.Nb/c1-3-11-17(16-21)20(4-2)22(18-12-7-5-8-13-18)19-14-9-6-10-15-19;1-3-2;;/h3-15H,2H2,1H3;3H2,1-2H3;1H3;/q-1;;-1;+2/b11-3-,20-17-;;;. The second kappa shape index (κ2) is 16.7. The summed E-state index contributed by atoms with van der Waals surface area (Å²) < 4.78 is 0. The van der Waals surface area contributed by atoms with Gasteiger partial charge in [0.1, 0.15) is 0 Å². The van der Waals surface area contributed by atoms with Gasteiger partial charge in [-0.05, 0) is 10.6 Å². The van der Waals surface area contributed by atoms with Crippen molar-refractivity contribution in [2.24, 2.45) is 0 Å². The Morgan fingerprint density at radius 2 is 1.41 bits per heavy atom. The Balaban J connectivity index is 0. The summed E-state index contributed by atoms with van der Waals surface area (Å²) >= 11 is 0. The molecule has 0 saturated heterocycles. The topological polar surface area (TPSA) is 17.1 Å². The Bertz CT molecular complexity index is 666. The van der Waals surface area contributed by atoms with Crippen LogP contribution >= 0.6 is 7.92 Å². The number of carbonyl (C=O) groups excluding carboxylic acids is 1. The van der Waals surface area contributed by atoms with E-state index in [0.29, 0.717) is 5.57 Å². The van der Waals surface area contributed by atoms with Crippen molar-refractivity contribution >= 4 is 24.8 Å². The third kappa shape index (κ3) is 8.82. The van der Waals surface area contributed by atoms with Crippen LogP contribution in [-0.2, 0) is 27.2 Å². The monoisotopic (exact) mass is 457 g/mol. The summed E-state index contributed by atoms with van der Waals surface area (Å²) in [6, 6.07) is 20.5. The Labute approximate surface area is 182 Å². The average molecular weight is 457 g/mol. The van der Waals surface area contributed by atoms with Gasteiger partial charge in [-0.3, -0.25) is 0 Å². The number of hydrogen-bond acceptors (Lipinski definition) is 1. The van der Waals surface area contributed by atoms with Gasteiger partial charge in [-0.1, -0.05) is 95.8 Å². The summed E-state index contributed by atoms with van der Waals surface area (Å²) in [5.74, 6) is 0. The first-order valence-corrected chi connectivity index (χ1v) is 9.85. The van der Waals surface area contributed by atoms with Gasteiger partial charge in [-0.2, -0.15) is 6.08 Å². The molecule has 0 amide bonds. The van der Waals surface area contributed by atoms with Crippen LogP contribution in [0.25, 0.3) is 0 Å². The summed E-state index contributed by atoms with van der Waals surface area (Å²) in [5.41, 5.74) is 0.566. The van der Waals surface area contributed by atoms with Gasteiger partial charge >= 0.3 is 22.4 Å². The fraction of sp³-hybridized carbons (Fsp3) is 0.167. The molecular formula is C24H29NbOP. The van der Waals surface area contributed by atoms with Crippen LogP contribution < -0.4 is 10.6 Å². The van der Waals surface area contributed by atoms with E-state index in [1.165, 1.54) is 17.0 Å². The van der Waals surface area contributed by atoms with Gasteiger partial charge in [0.2, 0.25) is 0 Å². The molecule has 0 aromatic heterocycles. The van der Waals surface area contributed by atoms with Crippen molar-refractivity contribution in [3.05, 3.63) is 104 Å². The molecule has 141 valence electrons. The first-order chi connectivity index (χ1) is 12.2. The van der Waals surface area contributed by atoms with Crippen molar-refractivity contribution in [2.75, 3.05) is 0 Å². The van der Waals surface area contributed by atoms with Crippen molar-refractivity contribution in [2.45, 2.75) is 27.2 Å². The van der Waals surface area contributed by atoms with E-state index in [4.69, 9.17) is 0 Å². The van der Waals surface area contributed by atoms with Crippen LogP contribution in [0.4, 0.5) is 0 Å². The van der Waals surface area contributed by atoms with Gasteiger partial charge in [0.25, 0.3) is 0 Å². The molecule has 3 heteroatoms. The Morgan fingerprint density at radius 3 is 1.70 bits per heavy atom. The van der Waals surface area contributed by atoms with E-state index in [1.807, 2.05) is 49.4 Å². The number of benzene rings is 2. The molecule has 0 N–H and O–H groups in total. The molecule has 0 saturated carbocycles. The molecule has 0 fully saturated rings. The van der Waals surface area contributed by atoms with Crippen molar-refractivity contribution in [1.29, 1.82) is 0 Å². The van der Waals surface area contributed by atoms with Crippen LogP contribution in [-0.4, -0.2) is 6.29 Å². The van der Waals surface area contributed by atoms with Crippen molar-refractivity contribution in [1.82, 2.24) is 0 Å². The quantitative estimate of drug-likeness (QED) is 0.168. The zero-order chi connectivity index (χ0) is 18.5. The number of rotatable bonds is 6. The van der Waals surface area contributed by atoms with E-state index in [-0.39, 0.29) is 29.8 Å². The van der Waals surface area contributed by atoms with E-state index in [0.717, 1.165) is 5.31 Å². The van der Waals surface area contributed by atoms with Crippen LogP contribution in [0.5, 0.6) is 0 Å². The molecule has 0 unspecified atom stereocenters. The summed E-state index contributed by atoms with van der Waals surface area (Å²) in [4.78, 5) is 11.4. The molecule has 2 aromatic rings. The van der Waals surface area contributed by atoms with Crippen LogP contribution in [0.3, 0.4) is 0 Å². The fourth-order valence-corrected chi connectivity index (χ4v) is 4.58. The summed E-state index contributed by atoms with van der Waals surface area (Å²) in [6.45, 7) is 10.1. The van der Waals surface area contributed by atoms with E-state index >= 15 is 0 Å². The maximum absolute atomic E-state index is 11.4. The molecule has 0 heterocycles. The molecule has 0 aliphatic heterocycles. The van der Waals surface area contributed by atoms with Crippen LogP contribution in [0, 0.1) is 7.43 Å². The second-order valence-corrected chi connectivity index (χ2v) is 7.50. The largest absolute Gasteiger partial charge is 2.00 e. The smallest absolute Gasteiger partial charge is 0.376 e. The molecule has 0 aliphatic rings. The fourth-order valence-electron chi connectivity index (χ4n) is 2.24. The van der Waals surface area contributed by atoms with Gasteiger partial charge < -0.3 is 12.2 Å².